The molecule has 0 fully saturated rings. The third-order valence-electron chi connectivity index (χ3n) is 2.84. The molecule has 6 heteroatoms. The van der Waals surface area contributed by atoms with E-state index in [0.29, 0.717) is 0 Å². The molecule has 0 radical (unpaired) electrons. The van der Waals surface area contributed by atoms with Crippen molar-refractivity contribution < 1.29 is 0 Å². The van der Waals surface area contributed by atoms with Gasteiger partial charge < -0.3 is 4.57 Å². The van der Waals surface area contributed by atoms with Crippen LogP contribution in [-0.2, 0) is 13.0 Å². The van der Waals surface area contributed by atoms with Crippen LogP contribution in [0.1, 0.15) is 30.8 Å². The Labute approximate surface area is 106 Å². The normalized spacial score (nSPS) is 12.6. The smallest absolute Gasteiger partial charge is 0.115 e. The summed E-state index contributed by atoms with van der Waals surface area (Å²) in [6, 6.07) is -0.0239. The minimum absolute atomic E-state index is 0.0239. The van der Waals surface area contributed by atoms with Crippen LogP contribution in [0.2, 0.25) is 0 Å². The van der Waals surface area contributed by atoms with Crippen LogP contribution in [0.3, 0.4) is 0 Å². The predicted molar refractivity (Wildman–Crippen MR) is 68.3 cm³/mol. The highest BCUT2D eigenvalue weighted by molar-refractivity contribution is 5.11. The van der Waals surface area contributed by atoms with Gasteiger partial charge in [-0.2, -0.15) is 0 Å². The van der Waals surface area contributed by atoms with Crippen LogP contribution in [0.5, 0.6) is 0 Å². The van der Waals surface area contributed by atoms with E-state index in [0.717, 1.165) is 30.8 Å². The lowest BCUT2D eigenvalue weighted by Gasteiger charge is -2.16. The summed E-state index contributed by atoms with van der Waals surface area (Å²) in [5.41, 5.74) is 3.76. The molecule has 96 valence electrons. The minimum Gasteiger partial charge on any atom is -0.335 e. The maximum atomic E-state index is 5.60. The molecule has 2 heterocycles. The largest absolute Gasteiger partial charge is 0.335 e. The molecule has 0 saturated carbocycles. The minimum atomic E-state index is -0.0239. The highest BCUT2D eigenvalue weighted by Gasteiger charge is 2.14. The Balaban J connectivity index is 2.13. The topological polar surface area (TPSA) is 81.7 Å². The second kappa shape index (κ2) is 6.23. The zero-order chi connectivity index (χ0) is 12.8. The van der Waals surface area contributed by atoms with Crippen molar-refractivity contribution in [2.75, 3.05) is 0 Å². The monoisotopic (exact) mass is 246 g/mol. The van der Waals surface area contributed by atoms with E-state index in [1.807, 2.05) is 12.4 Å². The van der Waals surface area contributed by atoms with Crippen molar-refractivity contribution in [1.82, 2.24) is 24.9 Å². The average Bonchev–Trinajstić information content (AvgIpc) is 2.85. The van der Waals surface area contributed by atoms with Gasteiger partial charge in [-0.05, 0) is 6.42 Å². The summed E-state index contributed by atoms with van der Waals surface area (Å²) in [6.07, 6.45) is 10.7. The maximum Gasteiger partial charge on any atom is 0.115 e. The van der Waals surface area contributed by atoms with Gasteiger partial charge in [0.25, 0.3) is 0 Å². The highest BCUT2D eigenvalue weighted by atomic mass is 15.2. The average molecular weight is 246 g/mol. The Hall–Kier alpha value is -1.79. The standard InChI is InChI=1S/C12H18N6/c1-2-4-18-5-3-16-12(18)6-11(17-13)10-7-14-9-15-8-10/h3,5,7-9,11,17H,2,4,6,13H2,1H3. The van der Waals surface area contributed by atoms with Crippen molar-refractivity contribution in [1.29, 1.82) is 0 Å². The van der Waals surface area contributed by atoms with Gasteiger partial charge in [-0.3, -0.25) is 11.3 Å². The van der Waals surface area contributed by atoms with Gasteiger partial charge in [0.15, 0.2) is 0 Å². The van der Waals surface area contributed by atoms with E-state index in [9.17, 15) is 0 Å². The molecule has 1 atom stereocenters. The van der Waals surface area contributed by atoms with Crippen LogP contribution < -0.4 is 11.3 Å². The molecule has 0 spiro atoms. The van der Waals surface area contributed by atoms with Gasteiger partial charge >= 0.3 is 0 Å². The second-order valence-corrected chi connectivity index (χ2v) is 4.13. The number of nitrogens with one attached hydrogen (secondary N) is 1. The van der Waals surface area contributed by atoms with Crippen LogP contribution in [-0.4, -0.2) is 19.5 Å². The number of nitrogens with zero attached hydrogens (tertiary/aromatic N) is 4. The number of aryl methyl sites for hydroxylation is 1. The van der Waals surface area contributed by atoms with Gasteiger partial charge in [0.2, 0.25) is 0 Å². The second-order valence-electron chi connectivity index (χ2n) is 4.13. The van der Waals surface area contributed by atoms with Gasteiger partial charge in [0.05, 0.1) is 6.04 Å². The van der Waals surface area contributed by atoms with Crippen molar-refractivity contribution in [2.45, 2.75) is 32.4 Å². The molecule has 0 amide bonds. The van der Waals surface area contributed by atoms with E-state index in [1.54, 1.807) is 12.4 Å². The zero-order valence-electron chi connectivity index (χ0n) is 10.5. The van der Waals surface area contributed by atoms with E-state index in [4.69, 9.17) is 5.84 Å². The number of rotatable bonds is 6. The lowest BCUT2D eigenvalue weighted by atomic mass is 10.1. The third kappa shape index (κ3) is 2.91. The quantitative estimate of drug-likeness (QED) is 0.583. The van der Waals surface area contributed by atoms with Crippen molar-refractivity contribution in [3.63, 3.8) is 0 Å². The number of imidazole rings is 1. The lowest BCUT2D eigenvalue weighted by Crippen LogP contribution is -2.30. The molecule has 0 aliphatic carbocycles. The molecule has 0 aliphatic heterocycles. The molecule has 6 nitrogen and oxygen atoms in total. The van der Waals surface area contributed by atoms with E-state index in [-0.39, 0.29) is 6.04 Å². The summed E-state index contributed by atoms with van der Waals surface area (Å²) < 4.78 is 2.15. The first-order valence-corrected chi connectivity index (χ1v) is 6.06. The van der Waals surface area contributed by atoms with Crippen LogP contribution in [0, 0.1) is 0 Å². The Bertz CT molecular complexity index is 466. The Kier molecular flexibility index (Phi) is 4.38. The molecular weight excluding hydrogens is 228 g/mol. The molecule has 0 aliphatic rings. The van der Waals surface area contributed by atoms with Crippen LogP contribution in [0.25, 0.3) is 0 Å². The van der Waals surface area contributed by atoms with Crippen LogP contribution in [0.4, 0.5) is 0 Å². The molecule has 0 aromatic carbocycles. The van der Waals surface area contributed by atoms with Gasteiger partial charge in [0.1, 0.15) is 12.2 Å². The SMILES string of the molecule is CCCn1ccnc1CC(NN)c1cncnc1. The summed E-state index contributed by atoms with van der Waals surface area (Å²) in [5, 5.41) is 0. The van der Waals surface area contributed by atoms with Crippen molar-refractivity contribution >= 4 is 0 Å². The van der Waals surface area contributed by atoms with Crippen molar-refractivity contribution in [2.24, 2.45) is 5.84 Å². The van der Waals surface area contributed by atoms with Crippen LogP contribution in [0.15, 0.2) is 31.1 Å². The first-order valence-electron chi connectivity index (χ1n) is 6.06. The van der Waals surface area contributed by atoms with Crippen molar-refractivity contribution in [3.8, 4) is 0 Å². The molecule has 3 N–H and O–H groups in total. The first-order chi connectivity index (χ1) is 8.85. The van der Waals surface area contributed by atoms with Gasteiger partial charge in [0, 0.05) is 43.3 Å². The van der Waals surface area contributed by atoms with Gasteiger partial charge in [-0.25, -0.2) is 15.0 Å². The van der Waals surface area contributed by atoms with Crippen molar-refractivity contribution in [3.05, 3.63) is 42.5 Å². The summed E-state index contributed by atoms with van der Waals surface area (Å²) >= 11 is 0. The van der Waals surface area contributed by atoms with Gasteiger partial charge in [-0.15, -0.1) is 0 Å². The number of hydrogen-bond acceptors (Lipinski definition) is 5. The van der Waals surface area contributed by atoms with E-state index in [2.05, 4.69) is 31.9 Å². The van der Waals surface area contributed by atoms with Crippen LogP contribution >= 0.6 is 0 Å². The number of nitrogens with two attached hydrogens (primary N) is 1. The predicted octanol–water partition coefficient (Wildman–Crippen LogP) is 0.830. The van der Waals surface area contributed by atoms with E-state index < -0.39 is 0 Å². The van der Waals surface area contributed by atoms with E-state index in [1.165, 1.54) is 6.33 Å². The highest BCUT2D eigenvalue weighted by Crippen LogP contribution is 2.15. The maximum absolute atomic E-state index is 5.60. The Morgan fingerprint density at radius 2 is 2.17 bits per heavy atom. The third-order valence-corrected chi connectivity index (χ3v) is 2.84. The molecule has 1 unspecified atom stereocenters. The lowest BCUT2D eigenvalue weighted by molar-refractivity contribution is 0.514. The molecule has 2 rings (SSSR count). The Morgan fingerprint density at radius 1 is 1.39 bits per heavy atom. The molecule has 0 saturated heterocycles. The summed E-state index contributed by atoms with van der Waals surface area (Å²) in [7, 11) is 0. The number of aromatic nitrogens is 4. The molecular formula is C12H18N6. The van der Waals surface area contributed by atoms with E-state index >= 15 is 0 Å². The zero-order valence-corrected chi connectivity index (χ0v) is 10.5. The van der Waals surface area contributed by atoms with Gasteiger partial charge in [-0.1, -0.05) is 6.92 Å². The molecule has 18 heavy (non-hydrogen) atoms. The fraction of sp³-hybridized carbons (Fsp3) is 0.417. The molecule has 2 aromatic rings. The number of hydrazine groups is 1. The molecule has 0 bridgehead atoms. The number of hydrogen-bond donors (Lipinski definition) is 2. The fourth-order valence-electron chi connectivity index (χ4n) is 1.92. The first kappa shape index (κ1) is 12.7. The summed E-state index contributed by atoms with van der Waals surface area (Å²) in [4.78, 5) is 12.4. The summed E-state index contributed by atoms with van der Waals surface area (Å²) in [6.45, 7) is 3.12. The molecule has 2 aromatic heterocycles. The summed E-state index contributed by atoms with van der Waals surface area (Å²) in [5.74, 6) is 6.62. The fourth-order valence-corrected chi connectivity index (χ4v) is 1.92. The Morgan fingerprint density at radius 3 is 2.83 bits per heavy atom.